The van der Waals surface area contributed by atoms with Crippen molar-refractivity contribution in [1.29, 1.82) is 0 Å². The Bertz CT molecular complexity index is 229. The third kappa shape index (κ3) is 4.61. The van der Waals surface area contributed by atoms with Crippen LogP contribution in [0.5, 0.6) is 0 Å². The summed E-state index contributed by atoms with van der Waals surface area (Å²) in [7, 11) is 0. The molecule has 2 nitrogen and oxygen atoms in total. The molecule has 2 unspecified atom stereocenters. The molecule has 2 atom stereocenters. The van der Waals surface area contributed by atoms with E-state index in [0.29, 0.717) is 18.0 Å². The molecular weight excluding hydrogens is 208 g/mol. The maximum Gasteiger partial charge on any atom is 0.0916 e. The molecule has 0 radical (unpaired) electrons. The van der Waals surface area contributed by atoms with Gasteiger partial charge in [-0.1, -0.05) is 40.2 Å². The maximum atomic E-state index is 4.11. The Balaban J connectivity index is 2.36. The lowest BCUT2D eigenvalue weighted by Gasteiger charge is -2.28. The minimum Gasteiger partial charge on any atom is -0.370 e. The van der Waals surface area contributed by atoms with E-state index in [1.807, 2.05) is 0 Å². The highest BCUT2D eigenvalue weighted by Gasteiger charge is 2.23. The van der Waals surface area contributed by atoms with Crippen LogP contribution in [0.1, 0.15) is 59.8 Å². The normalized spacial score (nSPS) is 20.3. The summed E-state index contributed by atoms with van der Waals surface area (Å²) in [4.78, 5) is 0. The lowest BCUT2D eigenvalue weighted by atomic mass is 9.96. The van der Waals surface area contributed by atoms with E-state index in [1.54, 1.807) is 0 Å². The smallest absolute Gasteiger partial charge is 0.0916 e. The molecule has 17 heavy (non-hydrogen) atoms. The van der Waals surface area contributed by atoms with Gasteiger partial charge in [0.1, 0.15) is 0 Å². The van der Waals surface area contributed by atoms with Gasteiger partial charge >= 0.3 is 0 Å². The van der Waals surface area contributed by atoms with Crippen molar-refractivity contribution < 1.29 is 0 Å². The summed E-state index contributed by atoms with van der Waals surface area (Å²) >= 11 is 0. The van der Waals surface area contributed by atoms with E-state index in [9.17, 15) is 0 Å². The standard InChI is InChI=1S/C15H30N2/c1-6-15(14-9-7-8-10-14)17-13(5)16-12(4)11(2)3/h11-12,14-17H,5-10H2,1-4H3. The summed E-state index contributed by atoms with van der Waals surface area (Å²) in [6.07, 6.45) is 6.79. The number of nitrogens with one attached hydrogen (secondary N) is 2. The highest BCUT2D eigenvalue weighted by atomic mass is 15.1. The Morgan fingerprint density at radius 1 is 1.18 bits per heavy atom. The lowest BCUT2D eigenvalue weighted by molar-refractivity contribution is 0.352. The molecular formula is C15H30N2. The second-order valence-corrected chi connectivity index (χ2v) is 5.86. The summed E-state index contributed by atoms with van der Waals surface area (Å²) < 4.78 is 0. The predicted octanol–water partition coefficient (Wildman–Crippen LogP) is 3.65. The van der Waals surface area contributed by atoms with Gasteiger partial charge in [-0.25, -0.2) is 0 Å². The molecule has 1 fully saturated rings. The predicted molar refractivity (Wildman–Crippen MR) is 75.7 cm³/mol. The Morgan fingerprint density at radius 3 is 2.24 bits per heavy atom. The third-order valence-corrected chi connectivity index (χ3v) is 4.17. The van der Waals surface area contributed by atoms with Gasteiger partial charge in [-0.15, -0.1) is 0 Å². The van der Waals surface area contributed by atoms with Crippen LogP contribution >= 0.6 is 0 Å². The van der Waals surface area contributed by atoms with Crippen LogP contribution in [0.4, 0.5) is 0 Å². The van der Waals surface area contributed by atoms with Crippen molar-refractivity contribution in [1.82, 2.24) is 10.6 Å². The molecule has 0 spiro atoms. The molecule has 1 aliphatic carbocycles. The summed E-state index contributed by atoms with van der Waals surface area (Å²) in [5.41, 5.74) is 0. The molecule has 0 aromatic rings. The van der Waals surface area contributed by atoms with E-state index in [0.717, 1.165) is 11.7 Å². The Hall–Kier alpha value is -0.660. The van der Waals surface area contributed by atoms with Gasteiger partial charge in [0.05, 0.1) is 5.82 Å². The minimum atomic E-state index is 0.482. The molecule has 0 heterocycles. The summed E-state index contributed by atoms with van der Waals surface area (Å²) in [5.74, 6) is 2.50. The first-order valence-electron chi connectivity index (χ1n) is 7.26. The third-order valence-electron chi connectivity index (χ3n) is 4.17. The van der Waals surface area contributed by atoms with Gasteiger partial charge in [0.2, 0.25) is 0 Å². The molecule has 0 saturated heterocycles. The van der Waals surface area contributed by atoms with Gasteiger partial charge in [-0.3, -0.25) is 0 Å². The molecule has 2 heteroatoms. The molecule has 0 bridgehead atoms. The van der Waals surface area contributed by atoms with Gasteiger partial charge in [0, 0.05) is 12.1 Å². The molecule has 1 rings (SSSR count). The molecule has 0 aromatic carbocycles. The van der Waals surface area contributed by atoms with Crippen LogP contribution in [0.2, 0.25) is 0 Å². The highest BCUT2D eigenvalue weighted by molar-refractivity contribution is 4.95. The van der Waals surface area contributed by atoms with Crippen LogP contribution in [-0.2, 0) is 0 Å². The molecule has 0 amide bonds. The van der Waals surface area contributed by atoms with E-state index in [1.165, 1.54) is 32.1 Å². The fourth-order valence-electron chi connectivity index (χ4n) is 2.62. The highest BCUT2D eigenvalue weighted by Crippen LogP contribution is 2.29. The Kier molecular flexibility index (Phi) is 5.87. The van der Waals surface area contributed by atoms with Crippen molar-refractivity contribution in [3.8, 4) is 0 Å². The first-order valence-corrected chi connectivity index (χ1v) is 7.26. The quantitative estimate of drug-likeness (QED) is 0.707. The largest absolute Gasteiger partial charge is 0.370 e. The zero-order valence-corrected chi connectivity index (χ0v) is 12.1. The monoisotopic (exact) mass is 238 g/mol. The van der Waals surface area contributed by atoms with Crippen molar-refractivity contribution in [3.05, 3.63) is 12.4 Å². The molecule has 100 valence electrons. The van der Waals surface area contributed by atoms with Crippen molar-refractivity contribution in [3.63, 3.8) is 0 Å². The second-order valence-electron chi connectivity index (χ2n) is 5.86. The molecule has 2 N–H and O–H groups in total. The van der Waals surface area contributed by atoms with Gasteiger partial charge in [-0.2, -0.15) is 0 Å². The van der Waals surface area contributed by atoms with Gasteiger partial charge < -0.3 is 10.6 Å². The fraction of sp³-hybridized carbons (Fsp3) is 0.867. The van der Waals surface area contributed by atoms with E-state index in [2.05, 4.69) is 44.9 Å². The van der Waals surface area contributed by atoms with Crippen LogP contribution in [-0.4, -0.2) is 12.1 Å². The fourth-order valence-corrected chi connectivity index (χ4v) is 2.62. The van der Waals surface area contributed by atoms with E-state index >= 15 is 0 Å². The first-order chi connectivity index (χ1) is 8.04. The van der Waals surface area contributed by atoms with Crippen LogP contribution in [0.3, 0.4) is 0 Å². The van der Waals surface area contributed by atoms with Gasteiger partial charge in [0.25, 0.3) is 0 Å². The summed E-state index contributed by atoms with van der Waals surface area (Å²) in [6.45, 7) is 13.1. The molecule has 0 aliphatic heterocycles. The number of rotatable bonds is 7. The van der Waals surface area contributed by atoms with Crippen molar-refractivity contribution in [2.45, 2.75) is 71.9 Å². The van der Waals surface area contributed by atoms with Crippen LogP contribution < -0.4 is 10.6 Å². The zero-order valence-electron chi connectivity index (χ0n) is 12.1. The Morgan fingerprint density at radius 2 is 1.76 bits per heavy atom. The average molecular weight is 238 g/mol. The van der Waals surface area contributed by atoms with Crippen molar-refractivity contribution in [2.75, 3.05) is 0 Å². The molecule has 1 saturated carbocycles. The lowest BCUT2D eigenvalue weighted by Crippen LogP contribution is -2.42. The second kappa shape index (κ2) is 6.93. The van der Waals surface area contributed by atoms with E-state index in [4.69, 9.17) is 0 Å². The zero-order chi connectivity index (χ0) is 12.8. The Labute approximate surface area is 107 Å². The van der Waals surface area contributed by atoms with Crippen molar-refractivity contribution >= 4 is 0 Å². The van der Waals surface area contributed by atoms with Gasteiger partial charge in [0.15, 0.2) is 0 Å². The molecule has 1 aliphatic rings. The topological polar surface area (TPSA) is 24.1 Å². The van der Waals surface area contributed by atoms with Crippen LogP contribution in [0, 0.1) is 11.8 Å². The number of hydrogen-bond donors (Lipinski definition) is 2. The van der Waals surface area contributed by atoms with Crippen LogP contribution in [0.15, 0.2) is 12.4 Å². The summed E-state index contributed by atoms with van der Waals surface area (Å²) in [5, 5.41) is 7.05. The van der Waals surface area contributed by atoms with Crippen LogP contribution in [0.25, 0.3) is 0 Å². The van der Waals surface area contributed by atoms with Crippen molar-refractivity contribution in [2.24, 2.45) is 11.8 Å². The van der Waals surface area contributed by atoms with Gasteiger partial charge in [-0.05, 0) is 38.0 Å². The van der Waals surface area contributed by atoms with E-state index < -0.39 is 0 Å². The molecule has 0 aromatic heterocycles. The summed E-state index contributed by atoms with van der Waals surface area (Å²) in [6, 6.07) is 1.09. The maximum absolute atomic E-state index is 4.11. The average Bonchev–Trinajstić information content (AvgIpc) is 2.78. The van der Waals surface area contributed by atoms with E-state index in [-0.39, 0.29) is 0 Å². The SMILES string of the molecule is C=C(NC(C)C(C)C)NC(CC)C1CCCC1. The first kappa shape index (κ1) is 14.4. The number of hydrogen-bond acceptors (Lipinski definition) is 2. The minimum absolute atomic E-state index is 0.482.